The minimum absolute atomic E-state index is 0.0664. The van der Waals surface area contributed by atoms with Crippen molar-refractivity contribution in [2.45, 2.75) is 46.3 Å². The fourth-order valence-corrected chi connectivity index (χ4v) is 4.29. The lowest BCUT2D eigenvalue weighted by molar-refractivity contribution is 0.502. The first kappa shape index (κ1) is 21.5. The second-order valence-electron chi connectivity index (χ2n) is 6.62. The van der Waals surface area contributed by atoms with Crippen molar-refractivity contribution in [1.29, 1.82) is 0 Å². The number of nitrogens with one attached hydrogen (secondary N) is 1. The van der Waals surface area contributed by atoms with Gasteiger partial charge in [-0.2, -0.15) is 12.7 Å². The minimum Gasteiger partial charge on any atom is -0.204 e. The molecule has 2 aromatic rings. The highest BCUT2D eigenvalue weighted by Gasteiger charge is 2.25. The van der Waals surface area contributed by atoms with Crippen molar-refractivity contribution in [3.63, 3.8) is 0 Å². The molecule has 11 heteroatoms. The van der Waals surface area contributed by atoms with E-state index in [-0.39, 0.29) is 6.54 Å². The second-order valence-corrected chi connectivity index (χ2v) is 10.3. The molecule has 9 nitrogen and oxygen atoms in total. The van der Waals surface area contributed by atoms with E-state index >= 15 is 0 Å². The Morgan fingerprint density at radius 2 is 1.41 bits per heavy atom. The van der Waals surface area contributed by atoms with Gasteiger partial charge in [-0.3, -0.25) is 0 Å². The Labute approximate surface area is 160 Å². The molecule has 2 rings (SSSR count). The molecule has 0 unspecified atom stereocenters. The van der Waals surface area contributed by atoms with E-state index in [1.807, 2.05) is 34.6 Å². The number of hydrogen-bond donors (Lipinski definition) is 1. The van der Waals surface area contributed by atoms with Gasteiger partial charge >= 0.3 is 10.2 Å². The van der Waals surface area contributed by atoms with Gasteiger partial charge in [0.2, 0.25) is 0 Å². The van der Waals surface area contributed by atoms with Crippen molar-refractivity contribution in [2.75, 3.05) is 14.1 Å². The molecule has 0 aliphatic rings. The summed E-state index contributed by atoms with van der Waals surface area (Å²) in [5.74, 6) is 0. The Balaban J connectivity index is 2.34. The predicted molar refractivity (Wildman–Crippen MR) is 102 cm³/mol. The van der Waals surface area contributed by atoms with Crippen LogP contribution >= 0.6 is 0 Å². The van der Waals surface area contributed by atoms with Crippen LogP contribution in [-0.2, 0) is 26.8 Å². The molecule has 27 heavy (non-hydrogen) atoms. The molecule has 0 bridgehead atoms. The van der Waals surface area contributed by atoms with Crippen LogP contribution in [0.15, 0.2) is 11.5 Å². The van der Waals surface area contributed by atoms with Crippen LogP contribution in [0.25, 0.3) is 0 Å². The SMILES string of the molecule is Cc1c(C)c(C)c(CNS(=O)(=O)c2ncn(S(=O)(=O)N(C)C)n2)c(C)c1C. The summed E-state index contributed by atoms with van der Waals surface area (Å²) in [7, 11) is -5.36. The highest BCUT2D eigenvalue weighted by molar-refractivity contribution is 7.89. The lowest BCUT2D eigenvalue weighted by Crippen LogP contribution is -2.30. The first-order chi connectivity index (χ1) is 12.3. The number of benzene rings is 1. The smallest absolute Gasteiger partial charge is 0.204 e. The summed E-state index contributed by atoms with van der Waals surface area (Å²) in [6.45, 7) is 10.0. The van der Waals surface area contributed by atoms with E-state index in [4.69, 9.17) is 0 Å². The molecule has 0 radical (unpaired) electrons. The van der Waals surface area contributed by atoms with Crippen LogP contribution in [0.5, 0.6) is 0 Å². The molecule has 150 valence electrons. The van der Waals surface area contributed by atoms with Gasteiger partial charge < -0.3 is 0 Å². The van der Waals surface area contributed by atoms with Gasteiger partial charge in [0.1, 0.15) is 6.33 Å². The van der Waals surface area contributed by atoms with Crippen LogP contribution in [0.3, 0.4) is 0 Å². The molecule has 0 saturated carbocycles. The van der Waals surface area contributed by atoms with Gasteiger partial charge in [-0.15, -0.1) is 9.19 Å². The lowest BCUT2D eigenvalue weighted by Gasteiger charge is -2.18. The van der Waals surface area contributed by atoms with Gasteiger partial charge in [-0.1, -0.05) is 0 Å². The molecule has 1 aromatic heterocycles. The van der Waals surface area contributed by atoms with Gasteiger partial charge in [0.05, 0.1) is 0 Å². The summed E-state index contributed by atoms with van der Waals surface area (Å²) < 4.78 is 53.0. The number of hydrogen-bond acceptors (Lipinski definition) is 6. The van der Waals surface area contributed by atoms with Crippen LogP contribution in [0.4, 0.5) is 0 Å². The number of aromatic nitrogens is 3. The monoisotopic (exact) mass is 415 g/mol. The average molecular weight is 416 g/mol. The molecule has 1 N–H and O–H groups in total. The van der Waals surface area contributed by atoms with Crippen LogP contribution in [0.1, 0.15) is 33.4 Å². The average Bonchev–Trinajstić information content (AvgIpc) is 3.10. The van der Waals surface area contributed by atoms with E-state index in [2.05, 4.69) is 14.8 Å². The highest BCUT2D eigenvalue weighted by atomic mass is 32.2. The summed E-state index contributed by atoms with van der Waals surface area (Å²) >= 11 is 0. The molecular weight excluding hydrogens is 390 g/mol. The Hall–Kier alpha value is -1.82. The molecular formula is C16H25N5O4S2. The molecule has 1 heterocycles. The minimum atomic E-state index is -4.07. The number of rotatable bonds is 6. The Bertz CT molecular complexity index is 1060. The van der Waals surface area contributed by atoms with Crippen molar-refractivity contribution in [1.82, 2.24) is 23.2 Å². The van der Waals surface area contributed by atoms with E-state index in [1.165, 1.54) is 19.7 Å². The van der Waals surface area contributed by atoms with Crippen molar-refractivity contribution < 1.29 is 16.8 Å². The summed E-state index contributed by atoms with van der Waals surface area (Å²) in [5, 5.41) is 3.01. The topological polar surface area (TPSA) is 114 Å². The van der Waals surface area contributed by atoms with Gasteiger partial charge in [-0.25, -0.2) is 18.1 Å². The first-order valence-electron chi connectivity index (χ1n) is 8.21. The van der Waals surface area contributed by atoms with E-state index in [9.17, 15) is 16.8 Å². The second kappa shape index (κ2) is 7.30. The summed E-state index contributed by atoms with van der Waals surface area (Å²) in [6, 6.07) is 0. The molecule has 0 aliphatic heterocycles. The van der Waals surface area contributed by atoms with Crippen LogP contribution in [-0.4, -0.2) is 49.4 Å². The van der Waals surface area contributed by atoms with E-state index < -0.39 is 25.4 Å². The van der Waals surface area contributed by atoms with Crippen LogP contribution < -0.4 is 4.72 Å². The highest BCUT2D eigenvalue weighted by Crippen LogP contribution is 2.26. The summed E-state index contributed by atoms with van der Waals surface area (Å²) in [4.78, 5) is 3.64. The van der Waals surface area contributed by atoms with Gasteiger partial charge in [0.15, 0.2) is 0 Å². The van der Waals surface area contributed by atoms with Gasteiger partial charge in [-0.05, 0) is 68.0 Å². The quantitative estimate of drug-likeness (QED) is 0.751. The molecule has 0 spiro atoms. The molecule has 0 atom stereocenters. The Morgan fingerprint density at radius 3 is 1.89 bits per heavy atom. The van der Waals surface area contributed by atoms with Crippen LogP contribution in [0, 0.1) is 34.6 Å². The maximum atomic E-state index is 12.5. The van der Waals surface area contributed by atoms with E-state index in [1.54, 1.807) is 0 Å². The third kappa shape index (κ3) is 3.91. The molecule has 0 saturated heterocycles. The predicted octanol–water partition coefficient (Wildman–Crippen LogP) is 0.953. The molecule has 0 aliphatic carbocycles. The zero-order valence-corrected chi connectivity index (χ0v) is 18.2. The summed E-state index contributed by atoms with van der Waals surface area (Å²) in [5.41, 5.74) is 6.35. The third-order valence-corrected chi connectivity index (χ3v) is 7.75. The van der Waals surface area contributed by atoms with E-state index in [0.29, 0.717) is 4.09 Å². The standard InChI is InChI=1S/C16H25N5O4S2/c1-10-11(2)13(4)15(14(5)12(10)3)8-18-26(22,23)16-17-9-21(19-16)27(24,25)20(6)7/h9,18H,8H2,1-7H3. The maximum absolute atomic E-state index is 12.5. The Kier molecular flexibility index (Phi) is 5.81. The maximum Gasteiger partial charge on any atom is 0.323 e. The van der Waals surface area contributed by atoms with E-state index in [0.717, 1.165) is 38.4 Å². The zero-order valence-electron chi connectivity index (χ0n) is 16.5. The summed E-state index contributed by atoms with van der Waals surface area (Å²) in [6.07, 6.45) is 0.862. The molecule has 1 aromatic carbocycles. The number of nitrogens with zero attached hydrogens (tertiary/aromatic N) is 4. The first-order valence-corrected chi connectivity index (χ1v) is 11.1. The molecule has 0 amide bonds. The zero-order chi connectivity index (χ0) is 20.7. The van der Waals surface area contributed by atoms with Gasteiger partial charge in [0, 0.05) is 20.6 Å². The largest absolute Gasteiger partial charge is 0.323 e. The van der Waals surface area contributed by atoms with Crippen molar-refractivity contribution in [3.8, 4) is 0 Å². The fraction of sp³-hybridized carbons (Fsp3) is 0.500. The number of sulfonamides is 1. The van der Waals surface area contributed by atoms with Crippen LogP contribution in [0.2, 0.25) is 0 Å². The Morgan fingerprint density at radius 1 is 0.926 bits per heavy atom. The lowest BCUT2D eigenvalue weighted by atomic mass is 9.90. The van der Waals surface area contributed by atoms with Crippen molar-refractivity contribution in [2.24, 2.45) is 0 Å². The van der Waals surface area contributed by atoms with Crippen molar-refractivity contribution >= 4 is 20.2 Å². The fourth-order valence-electron chi connectivity index (χ4n) is 2.71. The third-order valence-electron chi connectivity index (χ3n) is 4.98. The molecule has 0 fully saturated rings. The van der Waals surface area contributed by atoms with Gasteiger partial charge in [0.25, 0.3) is 15.2 Å². The normalized spacial score (nSPS) is 12.7. The van der Waals surface area contributed by atoms with Crippen molar-refractivity contribution in [3.05, 3.63) is 39.7 Å².